The summed E-state index contributed by atoms with van der Waals surface area (Å²) in [4.78, 5) is 44.0. The number of hydrogen-bond donors (Lipinski definition) is 3. The van der Waals surface area contributed by atoms with Gasteiger partial charge in [0.2, 0.25) is 11.8 Å². The number of fused-ring (bicyclic) bond motifs is 1. The number of carbonyl (C=O) groups is 3. The number of piperidine rings is 1. The predicted molar refractivity (Wildman–Crippen MR) is 145 cm³/mol. The number of amides is 2. The van der Waals surface area contributed by atoms with E-state index in [1.807, 2.05) is 32.6 Å². The van der Waals surface area contributed by atoms with Gasteiger partial charge < -0.3 is 20.6 Å². The highest BCUT2D eigenvalue weighted by Gasteiger charge is 2.41. The van der Waals surface area contributed by atoms with E-state index in [2.05, 4.69) is 22.8 Å². The largest absolute Gasteiger partial charge is 0.480 e. The molecular formula is C29H46N4O4. The first-order chi connectivity index (χ1) is 17.5. The number of rotatable bonds is 11. The van der Waals surface area contributed by atoms with Gasteiger partial charge in [-0.15, -0.1) is 0 Å². The average molecular weight is 515 g/mol. The van der Waals surface area contributed by atoms with Gasteiger partial charge in [0.1, 0.15) is 11.9 Å². The van der Waals surface area contributed by atoms with Crippen molar-refractivity contribution < 1.29 is 19.5 Å². The fraction of sp³-hybridized carbons (Fsp3) is 0.724. The molecule has 3 heterocycles. The molecule has 1 aromatic rings. The van der Waals surface area contributed by atoms with Crippen LogP contribution in [0, 0.1) is 10.8 Å². The Labute approximate surface area is 222 Å². The van der Waals surface area contributed by atoms with Crippen LogP contribution >= 0.6 is 0 Å². The summed E-state index contributed by atoms with van der Waals surface area (Å²) in [5.74, 6) is -0.0585. The molecule has 8 nitrogen and oxygen atoms in total. The number of aromatic nitrogens is 1. The molecule has 1 fully saturated rings. The Morgan fingerprint density at radius 1 is 1.11 bits per heavy atom. The molecule has 0 aromatic carbocycles. The van der Waals surface area contributed by atoms with Crippen LogP contribution in [-0.4, -0.2) is 58.5 Å². The molecule has 2 amide bonds. The van der Waals surface area contributed by atoms with Crippen molar-refractivity contribution in [3.8, 4) is 0 Å². The number of unbranched alkanes of at least 4 members (excludes halogenated alkanes) is 4. The normalized spacial score (nSPS) is 17.9. The third-order valence-electron chi connectivity index (χ3n) is 7.82. The summed E-state index contributed by atoms with van der Waals surface area (Å²) >= 11 is 0. The Kier molecular flexibility index (Phi) is 9.96. The van der Waals surface area contributed by atoms with Crippen LogP contribution < -0.4 is 10.6 Å². The number of carboxylic acid groups (broad SMARTS) is 1. The Morgan fingerprint density at radius 3 is 2.46 bits per heavy atom. The van der Waals surface area contributed by atoms with E-state index in [1.54, 1.807) is 0 Å². The maximum atomic E-state index is 13.0. The number of carbonyl (C=O) groups excluding carboxylic acids is 2. The Balaban J connectivity index is 1.34. The van der Waals surface area contributed by atoms with E-state index in [0.29, 0.717) is 32.4 Å². The zero-order chi connectivity index (χ0) is 27.1. The van der Waals surface area contributed by atoms with Crippen molar-refractivity contribution in [2.45, 2.75) is 104 Å². The third kappa shape index (κ3) is 8.17. The highest BCUT2D eigenvalue weighted by Crippen LogP contribution is 2.33. The Hall–Kier alpha value is -2.64. The molecule has 0 saturated carbocycles. The van der Waals surface area contributed by atoms with Crippen LogP contribution in [0.3, 0.4) is 0 Å². The molecule has 3 rings (SSSR count). The zero-order valence-electron chi connectivity index (χ0n) is 23.2. The van der Waals surface area contributed by atoms with Crippen molar-refractivity contribution in [3.05, 3.63) is 23.4 Å². The number of hydrogen-bond acceptors (Lipinski definition) is 5. The SMILES string of the molecule is CC(C)(C)C(=O)N1CCC(C)(C(=O)N[C@@H](CCCCCCCc2ccc3c(n2)NCCC3)C(=O)O)CC1. The number of nitrogens with zero attached hydrogens (tertiary/aromatic N) is 2. The van der Waals surface area contributed by atoms with Crippen molar-refractivity contribution >= 4 is 23.6 Å². The molecule has 1 saturated heterocycles. The molecule has 1 aromatic heterocycles. The van der Waals surface area contributed by atoms with Crippen molar-refractivity contribution in [2.24, 2.45) is 10.8 Å². The van der Waals surface area contributed by atoms with Gasteiger partial charge >= 0.3 is 5.97 Å². The number of aryl methyl sites for hydroxylation is 2. The lowest BCUT2D eigenvalue weighted by Crippen LogP contribution is -2.53. The lowest BCUT2D eigenvalue weighted by molar-refractivity contribution is -0.147. The van der Waals surface area contributed by atoms with E-state index >= 15 is 0 Å². The van der Waals surface area contributed by atoms with Crippen LogP contribution in [-0.2, 0) is 27.2 Å². The van der Waals surface area contributed by atoms with Crippen molar-refractivity contribution in [2.75, 3.05) is 25.0 Å². The van der Waals surface area contributed by atoms with E-state index < -0.39 is 22.8 Å². The summed E-state index contributed by atoms with van der Waals surface area (Å²) in [6.07, 6.45) is 9.65. The number of anilines is 1. The maximum absolute atomic E-state index is 13.0. The summed E-state index contributed by atoms with van der Waals surface area (Å²) in [5.41, 5.74) is 1.34. The van der Waals surface area contributed by atoms with Crippen LogP contribution in [0.2, 0.25) is 0 Å². The number of aliphatic carboxylic acids is 1. The van der Waals surface area contributed by atoms with Crippen LogP contribution in [0.4, 0.5) is 5.82 Å². The first kappa shape index (κ1) is 28.9. The standard InChI is InChI=1S/C29H46N4O4/c1-28(2,3)27(37)33-19-16-29(4,17-20-33)26(36)32-23(25(34)35)13-9-7-5-6-8-12-22-15-14-21-11-10-18-30-24(21)31-22/h14-15,23H,5-13,16-20H2,1-4H3,(H,30,31)(H,32,36)(H,34,35)/t23-/m0/s1. The van der Waals surface area contributed by atoms with Gasteiger partial charge in [-0.2, -0.15) is 0 Å². The van der Waals surface area contributed by atoms with Crippen molar-refractivity contribution in [1.29, 1.82) is 0 Å². The molecule has 37 heavy (non-hydrogen) atoms. The summed E-state index contributed by atoms with van der Waals surface area (Å²) in [6, 6.07) is 3.46. The molecule has 206 valence electrons. The van der Waals surface area contributed by atoms with Crippen LogP contribution in [0.1, 0.15) is 96.7 Å². The third-order valence-corrected chi connectivity index (χ3v) is 7.82. The Bertz CT molecular complexity index is 948. The first-order valence-electron chi connectivity index (χ1n) is 14.1. The summed E-state index contributed by atoms with van der Waals surface area (Å²) in [7, 11) is 0. The van der Waals surface area contributed by atoms with Gasteiger partial charge in [0.15, 0.2) is 0 Å². The van der Waals surface area contributed by atoms with E-state index in [-0.39, 0.29) is 11.8 Å². The molecule has 3 N–H and O–H groups in total. The van der Waals surface area contributed by atoms with Crippen LogP contribution in [0.25, 0.3) is 0 Å². The van der Waals surface area contributed by atoms with Gasteiger partial charge in [0.05, 0.1) is 0 Å². The van der Waals surface area contributed by atoms with Gasteiger partial charge in [-0.1, -0.05) is 59.4 Å². The molecular weight excluding hydrogens is 468 g/mol. The molecule has 2 aliphatic heterocycles. The molecule has 1 atom stereocenters. The highest BCUT2D eigenvalue weighted by atomic mass is 16.4. The van der Waals surface area contributed by atoms with E-state index in [4.69, 9.17) is 4.98 Å². The number of pyridine rings is 1. The second-order valence-electron chi connectivity index (χ2n) is 12.1. The van der Waals surface area contributed by atoms with Gasteiger partial charge in [-0.3, -0.25) is 9.59 Å². The number of nitrogens with one attached hydrogen (secondary N) is 2. The van der Waals surface area contributed by atoms with Crippen molar-refractivity contribution in [3.63, 3.8) is 0 Å². The molecule has 0 unspecified atom stereocenters. The summed E-state index contributed by atoms with van der Waals surface area (Å²) in [5, 5.41) is 15.9. The molecule has 0 bridgehead atoms. The van der Waals surface area contributed by atoms with E-state index in [0.717, 1.165) is 63.0 Å². The fourth-order valence-electron chi connectivity index (χ4n) is 5.19. The summed E-state index contributed by atoms with van der Waals surface area (Å²) in [6.45, 7) is 9.63. The second-order valence-corrected chi connectivity index (χ2v) is 12.1. The summed E-state index contributed by atoms with van der Waals surface area (Å²) < 4.78 is 0. The molecule has 2 aliphatic rings. The quantitative estimate of drug-likeness (QED) is 0.373. The lowest BCUT2D eigenvalue weighted by atomic mass is 9.78. The average Bonchev–Trinajstić information content (AvgIpc) is 2.86. The molecule has 0 aliphatic carbocycles. The smallest absolute Gasteiger partial charge is 0.326 e. The fourth-order valence-corrected chi connectivity index (χ4v) is 5.19. The molecule has 0 radical (unpaired) electrons. The number of likely N-dealkylation sites (tertiary alicyclic amines) is 1. The lowest BCUT2D eigenvalue weighted by Gasteiger charge is -2.40. The monoisotopic (exact) mass is 514 g/mol. The zero-order valence-corrected chi connectivity index (χ0v) is 23.2. The minimum Gasteiger partial charge on any atom is -0.480 e. The van der Waals surface area contributed by atoms with Gasteiger partial charge in [-0.05, 0) is 56.6 Å². The second kappa shape index (κ2) is 12.7. The minimum absolute atomic E-state index is 0.0920. The number of carboxylic acids is 1. The highest BCUT2D eigenvalue weighted by molar-refractivity contribution is 5.88. The maximum Gasteiger partial charge on any atom is 0.326 e. The Morgan fingerprint density at radius 2 is 1.78 bits per heavy atom. The predicted octanol–water partition coefficient (Wildman–Crippen LogP) is 4.57. The van der Waals surface area contributed by atoms with Gasteiger partial charge in [-0.25, -0.2) is 9.78 Å². The minimum atomic E-state index is -0.982. The van der Waals surface area contributed by atoms with Crippen LogP contribution in [0.5, 0.6) is 0 Å². The van der Waals surface area contributed by atoms with E-state index in [9.17, 15) is 19.5 Å². The molecule has 8 heteroatoms. The van der Waals surface area contributed by atoms with Crippen LogP contribution in [0.15, 0.2) is 12.1 Å². The van der Waals surface area contributed by atoms with Gasteiger partial charge in [0, 0.05) is 36.2 Å². The topological polar surface area (TPSA) is 112 Å². The molecule has 0 spiro atoms. The first-order valence-corrected chi connectivity index (χ1v) is 14.1. The van der Waals surface area contributed by atoms with Crippen molar-refractivity contribution in [1.82, 2.24) is 15.2 Å². The van der Waals surface area contributed by atoms with E-state index in [1.165, 1.54) is 12.0 Å². The van der Waals surface area contributed by atoms with Gasteiger partial charge in [0.25, 0.3) is 0 Å².